The molecule has 0 amide bonds. The standard InChI is InChI=1S/C17H21F4NO2/c1-24-16-6-5-12(23)9-14(16)22(8-7-16)10-11-3-2-4-13(15(11)18)17(19,20)21/h2-4,12,14,23H,5-10H2,1H3/t12-,14-,16+/m0/s1. The first kappa shape index (κ1) is 17.6. The lowest BCUT2D eigenvalue weighted by Gasteiger charge is -2.42. The zero-order chi connectivity index (χ0) is 17.5. The number of likely N-dealkylation sites (tertiary alicyclic amines) is 1. The third-order valence-electron chi connectivity index (χ3n) is 5.43. The number of methoxy groups -OCH3 is 1. The first-order valence-corrected chi connectivity index (χ1v) is 8.09. The van der Waals surface area contributed by atoms with E-state index in [1.54, 1.807) is 7.11 Å². The summed E-state index contributed by atoms with van der Waals surface area (Å²) in [6, 6.07) is 3.26. The van der Waals surface area contributed by atoms with Gasteiger partial charge in [-0.2, -0.15) is 13.2 Å². The number of fused-ring (bicyclic) bond motifs is 1. The van der Waals surface area contributed by atoms with Crippen molar-refractivity contribution in [3.63, 3.8) is 0 Å². The van der Waals surface area contributed by atoms with Gasteiger partial charge in [0.25, 0.3) is 0 Å². The van der Waals surface area contributed by atoms with E-state index in [1.165, 1.54) is 12.1 Å². The summed E-state index contributed by atoms with van der Waals surface area (Å²) >= 11 is 0. The van der Waals surface area contributed by atoms with Gasteiger partial charge in [-0.3, -0.25) is 4.90 Å². The summed E-state index contributed by atoms with van der Waals surface area (Å²) in [6.45, 7) is 0.694. The Hall–Kier alpha value is -1.18. The monoisotopic (exact) mass is 347 g/mol. The van der Waals surface area contributed by atoms with Crippen LogP contribution in [0.2, 0.25) is 0 Å². The molecule has 1 aromatic rings. The summed E-state index contributed by atoms with van der Waals surface area (Å²) in [7, 11) is 1.62. The molecule has 3 rings (SSSR count). The van der Waals surface area contributed by atoms with Crippen LogP contribution < -0.4 is 0 Å². The lowest BCUT2D eigenvalue weighted by Crippen LogP contribution is -2.51. The Kier molecular flexibility index (Phi) is 4.61. The third kappa shape index (κ3) is 3.05. The topological polar surface area (TPSA) is 32.7 Å². The molecule has 3 atom stereocenters. The highest BCUT2D eigenvalue weighted by Crippen LogP contribution is 2.43. The quantitative estimate of drug-likeness (QED) is 0.851. The molecule has 2 aliphatic rings. The van der Waals surface area contributed by atoms with Gasteiger partial charge < -0.3 is 9.84 Å². The van der Waals surface area contributed by atoms with Crippen molar-refractivity contribution in [1.82, 2.24) is 4.90 Å². The van der Waals surface area contributed by atoms with Crippen LogP contribution in [-0.4, -0.2) is 41.4 Å². The van der Waals surface area contributed by atoms with E-state index in [4.69, 9.17) is 4.74 Å². The van der Waals surface area contributed by atoms with Crippen LogP contribution in [-0.2, 0) is 17.5 Å². The number of hydrogen-bond donors (Lipinski definition) is 1. The average Bonchev–Trinajstić information content (AvgIpc) is 2.87. The van der Waals surface area contributed by atoms with Crippen molar-refractivity contribution in [2.75, 3.05) is 13.7 Å². The number of benzene rings is 1. The second-order valence-corrected chi connectivity index (χ2v) is 6.71. The molecule has 1 aliphatic heterocycles. The summed E-state index contributed by atoms with van der Waals surface area (Å²) in [5.74, 6) is -1.21. The number of hydrogen-bond acceptors (Lipinski definition) is 3. The third-order valence-corrected chi connectivity index (χ3v) is 5.43. The van der Waals surface area contributed by atoms with Crippen molar-refractivity contribution in [2.24, 2.45) is 0 Å². The van der Waals surface area contributed by atoms with Crippen LogP contribution in [0.25, 0.3) is 0 Å². The maximum absolute atomic E-state index is 14.3. The molecular formula is C17H21F4NO2. The van der Waals surface area contributed by atoms with Gasteiger partial charge in [-0.1, -0.05) is 12.1 Å². The van der Waals surface area contributed by atoms with Gasteiger partial charge in [0, 0.05) is 31.8 Å². The van der Waals surface area contributed by atoms with Gasteiger partial charge in [-0.05, 0) is 31.7 Å². The van der Waals surface area contributed by atoms with Crippen molar-refractivity contribution >= 4 is 0 Å². The fourth-order valence-corrected chi connectivity index (χ4v) is 4.10. The van der Waals surface area contributed by atoms with E-state index in [0.29, 0.717) is 25.8 Å². The molecule has 0 bridgehead atoms. The number of rotatable bonds is 3. The minimum Gasteiger partial charge on any atom is -0.393 e. The van der Waals surface area contributed by atoms with Crippen molar-refractivity contribution in [3.8, 4) is 0 Å². The van der Waals surface area contributed by atoms with E-state index >= 15 is 0 Å². The molecule has 0 spiro atoms. The minimum atomic E-state index is -4.71. The highest BCUT2D eigenvalue weighted by molar-refractivity contribution is 5.28. The smallest absolute Gasteiger partial charge is 0.393 e. The van der Waals surface area contributed by atoms with E-state index in [-0.39, 0.29) is 18.2 Å². The summed E-state index contributed by atoms with van der Waals surface area (Å²) < 4.78 is 58.6. The highest BCUT2D eigenvalue weighted by Gasteiger charge is 2.50. The van der Waals surface area contributed by atoms with Gasteiger partial charge in [-0.25, -0.2) is 4.39 Å². The number of aliphatic hydroxyl groups excluding tert-OH is 1. The zero-order valence-corrected chi connectivity index (χ0v) is 13.4. The van der Waals surface area contributed by atoms with Gasteiger partial charge in [0.15, 0.2) is 0 Å². The molecule has 1 heterocycles. The molecule has 1 saturated heterocycles. The van der Waals surface area contributed by atoms with Gasteiger partial charge >= 0.3 is 6.18 Å². The normalized spacial score (nSPS) is 31.2. The molecule has 3 nitrogen and oxygen atoms in total. The van der Waals surface area contributed by atoms with Crippen molar-refractivity contribution in [3.05, 3.63) is 35.1 Å². The Labute approximate surface area is 138 Å². The summed E-state index contributed by atoms with van der Waals surface area (Å²) in [4.78, 5) is 1.93. The molecule has 134 valence electrons. The predicted octanol–water partition coefficient (Wildman–Crippen LogP) is 3.35. The molecular weight excluding hydrogens is 326 g/mol. The first-order valence-electron chi connectivity index (χ1n) is 8.09. The molecule has 2 fully saturated rings. The maximum atomic E-state index is 14.3. The SMILES string of the molecule is CO[C@@]12CC[C@H](O)C[C@@H]1N(Cc1cccc(C(F)(F)F)c1F)CC2. The van der Waals surface area contributed by atoms with E-state index in [1.807, 2.05) is 4.90 Å². The number of aliphatic hydroxyl groups is 1. The fraction of sp³-hybridized carbons (Fsp3) is 0.647. The van der Waals surface area contributed by atoms with Crippen molar-refractivity contribution in [2.45, 2.75) is 56.2 Å². The first-order chi connectivity index (χ1) is 11.3. The lowest BCUT2D eigenvalue weighted by atomic mass is 9.79. The minimum absolute atomic E-state index is 0.0248. The van der Waals surface area contributed by atoms with Crippen molar-refractivity contribution < 1.29 is 27.4 Å². The van der Waals surface area contributed by atoms with Crippen LogP contribution in [0.1, 0.15) is 36.8 Å². The zero-order valence-electron chi connectivity index (χ0n) is 13.4. The second-order valence-electron chi connectivity index (χ2n) is 6.71. The van der Waals surface area contributed by atoms with E-state index in [0.717, 1.165) is 12.5 Å². The Morgan fingerprint density at radius 2 is 2.08 bits per heavy atom. The van der Waals surface area contributed by atoms with Crippen molar-refractivity contribution in [1.29, 1.82) is 0 Å². The molecule has 7 heteroatoms. The number of nitrogens with zero attached hydrogens (tertiary/aromatic N) is 1. The molecule has 1 aliphatic carbocycles. The number of halogens is 4. The second kappa shape index (κ2) is 6.28. The van der Waals surface area contributed by atoms with Gasteiger partial charge in [0.1, 0.15) is 5.82 Å². The Balaban J connectivity index is 1.84. The number of alkyl halides is 3. The van der Waals surface area contributed by atoms with Crippen LogP contribution in [0, 0.1) is 5.82 Å². The van der Waals surface area contributed by atoms with E-state index in [2.05, 4.69) is 0 Å². The Bertz CT molecular complexity index is 607. The molecule has 24 heavy (non-hydrogen) atoms. The maximum Gasteiger partial charge on any atom is 0.419 e. The summed E-state index contributed by atoms with van der Waals surface area (Å²) in [6.07, 6.45) is -2.57. The molecule has 1 aromatic carbocycles. The van der Waals surface area contributed by atoms with E-state index in [9.17, 15) is 22.7 Å². The lowest BCUT2D eigenvalue weighted by molar-refractivity contribution is -0.140. The Morgan fingerprint density at radius 3 is 2.75 bits per heavy atom. The van der Waals surface area contributed by atoms with Crippen LogP contribution in [0.15, 0.2) is 18.2 Å². The molecule has 0 radical (unpaired) electrons. The predicted molar refractivity (Wildman–Crippen MR) is 79.8 cm³/mol. The molecule has 1 N–H and O–H groups in total. The largest absolute Gasteiger partial charge is 0.419 e. The summed E-state index contributed by atoms with van der Waals surface area (Å²) in [5, 5.41) is 9.95. The molecule has 0 unspecified atom stereocenters. The van der Waals surface area contributed by atoms with Crippen LogP contribution in [0.3, 0.4) is 0 Å². The summed E-state index contributed by atoms with van der Waals surface area (Å²) in [5.41, 5.74) is -1.60. The molecule has 1 saturated carbocycles. The number of ether oxygens (including phenoxy) is 1. The van der Waals surface area contributed by atoms with Gasteiger partial charge in [0.05, 0.1) is 17.3 Å². The fourth-order valence-electron chi connectivity index (χ4n) is 4.10. The Morgan fingerprint density at radius 1 is 1.33 bits per heavy atom. The van der Waals surface area contributed by atoms with Crippen LogP contribution in [0.4, 0.5) is 17.6 Å². The van der Waals surface area contributed by atoms with Gasteiger partial charge in [-0.15, -0.1) is 0 Å². The van der Waals surface area contributed by atoms with Gasteiger partial charge in [0.2, 0.25) is 0 Å². The van der Waals surface area contributed by atoms with E-state index < -0.39 is 29.3 Å². The van der Waals surface area contributed by atoms with Crippen LogP contribution >= 0.6 is 0 Å². The highest BCUT2D eigenvalue weighted by atomic mass is 19.4. The van der Waals surface area contributed by atoms with Crippen LogP contribution in [0.5, 0.6) is 0 Å². The molecule has 0 aromatic heterocycles. The average molecular weight is 347 g/mol.